The number of hydrogen-bond acceptors (Lipinski definition) is 2. The largest absolute Gasteiger partial charge is 0.481 e. The highest BCUT2D eigenvalue weighted by Crippen LogP contribution is 2.08. The fourth-order valence-electron chi connectivity index (χ4n) is 1.49. The Labute approximate surface area is 104 Å². The van der Waals surface area contributed by atoms with Gasteiger partial charge in [-0.1, -0.05) is 37.6 Å². The Morgan fingerprint density at radius 2 is 1.82 bits per heavy atom. The Kier molecular flexibility index (Phi) is 5.91. The first-order chi connectivity index (χ1) is 8.11. The van der Waals surface area contributed by atoms with Crippen molar-refractivity contribution in [2.75, 3.05) is 5.75 Å². The van der Waals surface area contributed by atoms with E-state index in [9.17, 15) is 9.00 Å². The van der Waals surface area contributed by atoms with Gasteiger partial charge in [0.15, 0.2) is 0 Å². The molecule has 3 nitrogen and oxygen atoms in total. The number of benzene rings is 1. The van der Waals surface area contributed by atoms with Crippen molar-refractivity contribution in [1.82, 2.24) is 0 Å². The van der Waals surface area contributed by atoms with E-state index >= 15 is 0 Å². The summed E-state index contributed by atoms with van der Waals surface area (Å²) in [4.78, 5) is 10.5. The summed E-state index contributed by atoms with van der Waals surface area (Å²) in [7, 11) is -0.805. The van der Waals surface area contributed by atoms with E-state index in [1.54, 1.807) is 12.1 Å². The van der Waals surface area contributed by atoms with E-state index in [2.05, 4.69) is 6.92 Å². The zero-order valence-electron chi connectivity index (χ0n) is 10.0. The van der Waals surface area contributed by atoms with Gasteiger partial charge in [-0.25, -0.2) is 0 Å². The lowest BCUT2D eigenvalue weighted by Gasteiger charge is -2.03. The van der Waals surface area contributed by atoms with Gasteiger partial charge in [0, 0.05) is 22.3 Å². The standard InChI is InChI=1S/C13H18O3S/c1-2-3-8-17(16)10-12-6-4-11(5-7-12)9-13(14)15/h4-7H,2-3,8-10H2,1H3,(H,14,15). The number of hydrogen-bond donors (Lipinski definition) is 1. The normalized spacial score (nSPS) is 12.3. The molecule has 17 heavy (non-hydrogen) atoms. The van der Waals surface area contributed by atoms with Crippen LogP contribution in [0.1, 0.15) is 30.9 Å². The summed E-state index contributed by atoms with van der Waals surface area (Å²) >= 11 is 0. The predicted molar refractivity (Wildman–Crippen MR) is 69.4 cm³/mol. The molecule has 0 spiro atoms. The van der Waals surface area contributed by atoms with Crippen LogP contribution in [0.15, 0.2) is 24.3 Å². The maximum absolute atomic E-state index is 11.7. The molecular weight excluding hydrogens is 236 g/mol. The summed E-state index contributed by atoms with van der Waals surface area (Å²) in [6, 6.07) is 7.31. The lowest BCUT2D eigenvalue weighted by atomic mass is 10.1. The van der Waals surface area contributed by atoms with Gasteiger partial charge in [-0.3, -0.25) is 9.00 Å². The van der Waals surface area contributed by atoms with Crippen molar-refractivity contribution < 1.29 is 14.1 Å². The minimum absolute atomic E-state index is 0.0409. The van der Waals surface area contributed by atoms with Gasteiger partial charge in [-0.2, -0.15) is 0 Å². The molecule has 0 fully saturated rings. The minimum Gasteiger partial charge on any atom is -0.481 e. The molecule has 1 aromatic carbocycles. The third-order valence-corrected chi connectivity index (χ3v) is 3.83. The van der Waals surface area contributed by atoms with Crippen molar-refractivity contribution in [2.24, 2.45) is 0 Å². The van der Waals surface area contributed by atoms with E-state index in [4.69, 9.17) is 5.11 Å². The highest BCUT2D eigenvalue weighted by Gasteiger charge is 2.03. The van der Waals surface area contributed by atoms with Crippen molar-refractivity contribution in [3.63, 3.8) is 0 Å². The molecule has 0 amide bonds. The number of carboxylic acid groups (broad SMARTS) is 1. The zero-order valence-corrected chi connectivity index (χ0v) is 10.8. The van der Waals surface area contributed by atoms with Crippen molar-refractivity contribution in [1.29, 1.82) is 0 Å². The van der Waals surface area contributed by atoms with Gasteiger partial charge >= 0.3 is 5.97 Å². The average molecular weight is 254 g/mol. The monoisotopic (exact) mass is 254 g/mol. The van der Waals surface area contributed by atoms with E-state index in [-0.39, 0.29) is 6.42 Å². The second kappa shape index (κ2) is 7.22. The molecule has 0 heterocycles. The number of unbranched alkanes of at least 4 members (excludes halogenated alkanes) is 1. The molecule has 4 heteroatoms. The van der Waals surface area contributed by atoms with Gasteiger partial charge < -0.3 is 5.11 Å². The lowest BCUT2D eigenvalue weighted by Crippen LogP contribution is -2.02. The van der Waals surface area contributed by atoms with Crippen molar-refractivity contribution in [2.45, 2.75) is 31.9 Å². The Hall–Kier alpha value is -1.16. The second-order valence-corrected chi connectivity index (χ2v) is 5.61. The van der Waals surface area contributed by atoms with E-state index in [1.807, 2.05) is 12.1 Å². The third-order valence-electron chi connectivity index (χ3n) is 2.43. The predicted octanol–water partition coefficient (Wildman–Crippen LogP) is 2.36. The maximum Gasteiger partial charge on any atom is 0.307 e. The van der Waals surface area contributed by atoms with Crippen LogP contribution in [-0.4, -0.2) is 21.0 Å². The molecule has 1 aromatic rings. The van der Waals surface area contributed by atoms with Crippen LogP contribution in [0.3, 0.4) is 0 Å². The molecule has 0 aliphatic rings. The fourth-order valence-corrected chi connectivity index (χ4v) is 2.81. The molecular formula is C13H18O3S. The van der Waals surface area contributed by atoms with Crippen LogP contribution in [0.25, 0.3) is 0 Å². The van der Waals surface area contributed by atoms with E-state index < -0.39 is 16.8 Å². The average Bonchev–Trinajstić information content (AvgIpc) is 2.28. The Morgan fingerprint density at radius 3 is 2.35 bits per heavy atom. The number of carbonyl (C=O) groups is 1. The molecule has 0 saturated heterocycles. The van der Waals surface area contributed by atoms with Gasteiger partial charge in [0.25, 0.3) is 0 Å². The SMILES string of the molecule is CCCCS(=O)Cc1ccc(CC(=O)O)cc1. The fraction of sp³-hybridized carbons (Fsp3) is 0.462. The van der Waals surface area contributed by atoms with Gasteiger partial charge in [0.1, 0.15) is 0 Å². The number of carboxylic acids is 1. The molecule has 1 unspecified atom stereocenters. The molecule has 0 radical (unpaired) electrons. The molecule has 0 aliphatic carbocycles. The second-order valence-electron chi connectivity index (χ2n) is 4.03. The molecule has 94 valence electrons. The Morgan fingerprint density at radius 1 is 1.24 bits per heavy atom. The van der Waals surface area contributed by atoms with Crippen LogP contribution in [0.5, 0.6) is 0 Å². The van der Waals surface area contributed by atoms with Crippen LogP contribution in [0.4, 0.5) is 0 Å². The summed E-state index contributed by atoms with van der Waals surface area (Å²) < 4.78 is 11.7. The molecule has 1 N–H and O–H groups in total. The van der Waals surface area contributed by atoms with Gasteiger partial charge in [0.05, 0.1) is 6.42 Å². The van der Waals surface area contributed by atoms with Gasteiger partial charge in [0.2, 0.25) is 0 Å². The Balaban J connectivity index is 2.50. The number of rotatable bonds is 7. The highest BCUT2D eigenvalue weighted by molar-refractivity contribution is 7.84. The zero-order chi connectivity index (χ0) is 12.7. The first kappa shape index (κ1) is 13.9. The molecule has 0 aromatic heterocycles. The summed E-state index contributed by atoms with van der Waals surface area (Å²) in [5, 5.41) is 8.63. The van der Waals surface area contributed by atoms with E-state index in [0.29, 0.717) is 5.75 Å². The van der Waals surface area contributed by atoms with Gasteiger partial charge in [-0.15, -0.1) is 0 Å². The minimum atomic E-state index is -0.829. The molecule has 1 rings (SSSR count). The summed E-state index contributed by atoms with van der Waals surface area (Å²) in [6.45, 7) is 2.08. The van der Waals surface area contributed by atoms with Crippen molar-refractivity contribution in [3.05, 3.63) is 35.4 Å². The smallest absolute Gasteiger partial charge is 0.307 e. The lowest BCUT2D eigenvalue weighted by molar-refractivity contribution is -0.136. The Bertz CT molecular complexity index is 384. The first-order valence-corrected chi connectivity index (χ1v) is 7.25. The first-order valence-electron chi connectivity index (χ1n) is 5.76. The maximum atomic E-state index is 11.7. The van der Waals surface area contributed by atoms with E-state index in [0.717, 1.165) is 29.7 Å². The van der Waals surface area contributed by atoms with Crippen LogP contribution in [0, 0.1) is 0 Å². The van der Waals surface area contributed by atoms with Crippen LogP contribution < -0.4 is 0 Å². The summed E-state index contributed by atoms with van der Waals surface area (Å²) in [5.74, 6) is 0.477. The van der Waals surface area contributed by atoms with Crippen molar-refractivity contribution in [3.8, 4) is 0 Å². The quantitative estimate of drug-likeness (QED) is 0.812. The third kappa shape index (κ3) is 5.63. The topological polar surface area (TPSA) is 54.4 Å². The van der Waals surface area contributed by atoms with Gasteiger partial charge in [-0.05, 0) is 17.5 Å². The molecule has 0 aliphatic heterocycles. The number of aliphatic carboxylic acids is 1. The van der Waals surface area contributed by atoms with Crippen LogP contribution in [0.2, 0.25) is 0 Å². The summed E-state index contributed by atoms with van der Waals surface area (Å²) in [6.07, 6.45) is 2.09. The summed E-state index contributed by atoms with van der Waals surface area (Å²) in [5.41, 5.74) is 1.79. The molecule has 0 bridgehead atoms. The van der Waals surface area contributed by atoms with Crippen molar-refractivity contribution >= 4 is 16.8 Å². The molecule has 1 atom stereocenters. The van der Waals surface area contributed by atoms with E-state index in [1.165, 1.54) is 0 Å². The van der Waals surface area contributed by atoms with Crippen LogP contribution >= 0.6 is 0 Å². The van der Waals surface area contributed by atoms with Crippen LogP contribution in [-0.2, 0) is 27.8 Å². The molecule has 0 saturated carbocycles. The highest BCUT2D eigenvalue weighted by atomic mass is 32.2.